The lowest BCUT2D eigenvalue weighted by atomic mass is 10.0. The molecule has 0 bridgehead atoms. The van der Waals surface area contributed by atoms with E-state index in [0.717, 1.165) is 10.4 Å². The molecule has 0 radical (unpaired) electrons. The summed E-state index contributed by atoms with van der Waals surface area (Å²) in [5.41, 5.74) is 3.31. The van der Waals surface area contributed by atoms with Gasteiger partial charge in [-0.25, -0.2) is 4.79 Å². The summed E-state index contributed by atoms with van der Waals surface area (Å²) in [6.07, 6.45) is -3.56. The number of hydrogen-bond donors (Lipinski definition) is 3. The van der Waals surface area contributed by atoms with E-state index in [1.165, 1.54) is 18.3 Å². The third kappa shape index (κ3) is 4.27. The molecule has 0 fully saturated rings. The quantitative estimate of drug-likeness (QED) is 0.541. The molecular formula is C22H19F3N4O4. The van der Waals surface area contributed by atoms with Gasteiger partial charge in [0.25, 0.3) is 5.91 Å². The summed E-state index contributed by atoms with van der Waals surface area (Å²) in [4.78, 5) is 32.8. The third-order valence-corrected chi connectivity index (χ3v) is 5.25. The predicted molar refractivity (Wildman–Crippen MR) is 112 cm³/mol. The Morgan fingerprint density at radius 1 is 1.24 bits per heavy atom. The number of carbonyl (C=O) groups excluding carboxylic acids is 2. The van der Waals surface area contributed by atoms with E-state index < -0.39 is 18.1 Å². The fourth-order valence-corrected chi connectivity index (χ4v) is 3.67. The van der Waals surface area contributed by atoms with E-state index in [0.29, 0.717) is 22.4 Å². The van der Waals surface area contributed by atoms with E-state index in [-0.39, 0.29) is 36.5 Å². The molecule has 0 unspecified atom stereocenters. The molecule has 2 aromatic heterocycles. The molecule has 1 aromatic carbocycles. The number of amides is 1. The average Bonchev–Trinajstić information content (AvgIpc) is 3.17. The van der Waals surface area contributed by atoms with Gasteiger partial charge in [-0.3, -0.25) is 9.78 Å². The number of pyridine rings is 1. The van der Waals surface area contributed by atoms with Crippen LogP contribution >= 0.6 is 0 Å². The second-order valence-corrected chi connectivity index (χ2v) is 7.28. The first kappa shape index (κ1) is 22.3. The number of alkyl halides is 3. The fraction of sp³-hybridized carbons (Fsp3) is 0.227. The van der Waals surface area contributed by atoms with Crippen molar-refractivity contribution in [1.82, 2.24) is 15.0 Å². The lowest BCUT2D eigenvalue weighted by Crippen LogP contribution is -2.37. The maximum atomic E-state index is 12.9. The Balaban J connectivity index is 1.81. The van der Waals surface area contributed by atoms with Crippen LogP contribution in [0.25, 0.3) is 22.5 Å². The van der Waals surface area contributed by atoms with Crippen molar-refractivity contribution in [2.45, 2.75) is 19.2 Å². The summed E-state index contributed by atoms with van der Waals surface area (Å²) in [6.45, 7) is -0.00994. The number of aromatic nitrogens is 2. The van der Waals surface area contributed by atoms with Crippen molar-refractivity contribution >= 4 is 17.6 Å². The van der Waals surface area contributed by atoms with Gasteiger partial charge in [0.05, 0.1) is 29.3 Å². The van der Waals surface area contributed by atoms with Crippen LogP contribution in [-0.2, 0) is 17.8 Å². The number of nitrogens with zero attached hydrogens (tertiary/aromatic N) is 2. The van der Waals surface area contributed by atoms with E-state index >= 15 is 0 Å². The molecule has 172 valence electrons. The molecule has 3 heterocycles. The van der Waals surface area contributed by atoms with Crippen molar-refractivity contribution < 1.29 is 32.7 Å². The molecule has 1 aliphatic heterocycles. The zero-order valence-corrected chi connectivity index (χ0v) is 17.4. The fourth-order valence-electron chi connectivity index (χ4n) is 3.67. The van der Waals surface area contributed by atoms with Crippen LogP contribution < -0.4 is 15.5 Å². The van der Waals surface area contributed by atoms with Crippen LogP contribution in [0.3, 0.4) is 0 Å². The molecule has 3 aromatic rings. The Hall–Kier alpha value is -3.86. The minimum Gasteiger partial charge on any atom is -0.392 e. The van der Waals surface area contributed by atoms with Crippen LogP contribution in [0.5, 0.6) is 0 Å². The predicted octanol–water partition coefficient (Wildman–Crippen LogP) is 2.55. The van der Waals surface area contributed by atoms with Gasteiger partial charge in [0.15, 0.2) is 0 Å². The zero-order valence-electron chi connectivity index (χ0n) is 17.4. The van der Waals surface area contributed by atoms with Crippen molar-refractivity contribution in [3.63, 3.8) is 0 Å². The molecular weight excluding hydrogens is 441 g/mol. The molecule has 4 rings (SSSR count). The van der Waals surface area contributed by atoms with Gasteiger partial charge in [0, 0.05) is 48.6 Å². The van der Waals surface area contributed by atoms with Crippen molar-refractivity contribution in [3.05, 3.63) is 59.4 Å². The van der Waals surface area contributed by atoms with Crippen LogP contribution in [0.2, 0.25) is 0 Å². The Kier molecular flexibility index (Phi) is 5.81. The number of rotatable bonds is 5. The number of aliphatic hydroxyl groups excluding tert-OH is 1. The highest BCUT2D eigenvalue weighted by atomic mass is 19.4. The zero-order chi connectivity index (χ0) is 23.8. The molecule has 8 nitrogen and oxygen atoms in total. The molecule has 0 saturated carbocycles. The first-order valence-corrected chi connectivity index (χ1v) is 9.93. The first-order valence-electron chi connectivity index (χ1n) is 9.93. The van der Waals surface area contributed by atoms with Gasteiger partial charge in [-0.1, -0.05) is 6.07 Å². The Morgan fingerprint density at radius 2 is 2.03 bits per heavy atom. The highest BCUT2D eigenvalue weighted by molar-refractivity contribution is 5.98. The van der Waals surface area contributed by atoms with E-state index in [1.807, 2.05) is 0 Å². The normalized spacial score (nSPS) is 13.3. The summed E-state index contributed by atoms with van der Waals surface area (Å²) in [7, 11) is 1.72. The smallest absolute Gasteiger partial charge is 0.392 e. The monoisotopic (exact) mass is 460 g/mol. The van der Waals surface area contributed by atoms with Crippen LogP contribution in [0.4, 0.5) is 18.9 Å². The van der Waals surface area contributed by atoms with Gasteiger partial charge in [-0.05, 0) is 30.3 Å². The maximum absolute atomic E-state index is 12.9. The van der Waals surface area contributed by atoms with E-state index in [2.05, 4.69) is 20.5 Å². The van der Waals surface area contributed by atoms with Gasteiger partial charge in [0.1, 0.15) is 0 Å². The van der Waals surface area contributed by atoms with Gasteiger partial charge in [0.2, 0.25) is 0 Å². The average molecular weight is 460 g/mol. The highest BCUT2D eigenvalue weighted by Crippen LogP contribution is 2.31. The van der Waals surface area contributed by atoms with Gasteiger partial charge >= 0.3 is 12.1 Å². The number of anilines is 1. The first-order chi connectivity index (χ1) is 15.7. The molecule has 1 amide bonds. The van der Waals surface area contributed by atoms with Crippen molar-refractivity contribution in [1.29, 1.82) is 0 Å². The van der Waals surface area contributed by atoms with Crippen molar-refractivity contribution in [2.75, 3.05) is 18.9 Å². The summed E-state index contributed by atoms with van der Waals surface area (Å²) < 4.78 is 39.5. The SMILES string of the molecule is CNc1ccc(-c2cc(-c3cc4c(n3OC(=O)C(F)(F)F)CCNC4=O)ccn2)cc1CO. The number of benzene rings is 1. The second-order valence-electron chi connectivity index (χ2n) is 7.28. The molecule has 3 N–H and O–H groups in total. The highest BCUT2D eigenvalue weighted by Gasteiger charge is 2.43. The number of carbonyl (C=O) groups is 2. The molecule has 1 aliphatic rings. The van der Waals surface area contributed by atoms with Crippen molar-refractivity contribution in [2.24, 2.45) is 0 Å². The number of fused-ring (bicyclic) bond motifs is 1. The molecule has 33 heavy (non-hydrogen) atoms. The maximum Gasteiger partial charge on any atom is 0.493 e. The summed E-state index contributed by atoms with van der Waals surface area (Å²) in [5, 5.41) is 15.2. The lowest BCUT2D eigenvalue weighted by Gasteiger charge is -2.17. The molecule has 11 heteroatoms. The molecule has 0 atom stereocenters. The topological polar surface area (TPSA) is 105 Å². The second kappa shape index (κ2) is 8.58. The third-order valence-electron chi connectivity index (χ3n) is 5.25. The minimum absolute atomic E-state index is 0.104. The number of nitrogens with one attached hydrogen (secondary N) is 2. The summed E-state index contributed by atoms with van der Waals surface area (Å²) in [5.74, 6) is -2.86. The lowest BCUT2D eigenvalue weighted by molar-refractivity contribution is -0.199. The minimum atomic E-state index is -5.20. The molecule has 0 saturated heterocycles. The van der Waals surface area contributed by atoms with E-state index in [4.69, 9.17) is 0 Å². The Morgan fingerprint density at radius 3 is 2.73 bits per heavy atom. The number of halogens is 3. The van der Waals surface area contributed by atoms with Crippen LogP contribution in [0, 0.1) is 0 Å². The molecule has 0 aliphatic carbocycles. The van der Waals surface area contributed by atoms with Crippen LogP contribution in [0.1, 0.15) is 21.6 Å². The van der Waals surface area contributed by atoms with Gasteiger partial charge in [-0.15, -0.1) is 0 Å². The van der Waals surface area contributed by atoms with Gasteiger partial charge in [-0.2, -0.15) is 17.9 Å². The largest absolute Gasteiger partial charge is 0.493 e. The summed E-state index contributed by atoms with van der Waals surface area (Å²) >= 11 is 0. The Bertz CT molecular complexity index is 1240. The van der Waals surface area contributed by atoms with Crippen LogP contribution in [0.15, 0.2) is 42.6 Å². The van der Waals surface area contributed by atoms with E-state index in [1.54, 1.807) is 31.3 Å². The number of hydrogen-bond acceptors (Lipinski definition) is 6. The standard InChI is InChI=1S/C22H19F3N4O4/c1-26-16-3-2-12(8-14(16)11-30)17-9-13(4-6-27-17)19-10-15-18(5-7-28-20(15)31)29(19)33-21(32)22(23,24)25/h2-4,6,8-10,26,30H,5,7,11H2,1H3,(H,28,31). The Labute approximate surface area is 186 Å². The molecule has 0 spiro atoms. The number of aliphatic hydroxyl groups is 1. The van der Waals surface area contributed by atoms with Gasteiger partial charge < -0.3 is 20.6 Å². The van der Waals surface area contributed by atoms with Crippen LogP contribution in [-0.4, -0.2) is 46.5 Å². The van der Waals surface area contributed by atoms with Crippen molar-refractivity contribution in [3.8, 4) is 22.5 Å². The summed E-state index contributed by atoms with van der Waals surface area (Å²) in [6, 6.07) is 9.81. The van der Waals surface area contributed by atoms with E-state index in [9.17, 15) is 27.9 Å².